The van der Waals surface area contributed by atoms with Gasteiger partial charge in [0.25, 0.3) is 0 Å². The zero-order valence-electron chi connectivity index (χ0n) is 13.5. The van der Waals surface area contributed by atoms with Crippen LogP contribution in [0.25, 0.3) is 0 Å². The fourth-order valence-corrected chi connectivity index (χ4v) is 5.67. The highest BCUT2D eigenvalue weighted by molar-refractivity contribution is 6.19. The molecule has 0 heterocycles. The Morgan fingerprint density at radius 3 is 2.09 bits per heavy atom. The van der Waals surface area contributed by atoms with Crippen molar-refractivity contribution in [1.82, 2.24) is 0 Å². The van der Waals surface area contributed by atoms with Crippen LogP contribution in [0.1, 0.15) is 51.0 Å². The van der Waals surface area contributed by atoms with Gasteiger partial charge in [-0.25, -0.2) is 4.79 Å². The van der Waals surface area contributed by atoms with Crippen molar-refractivity contribution in [3.8, 4) is 5.75 Å². The predicted molar refractivity (Wildman–Crippen MR) is 88.7 cm³/mol. The monoisotopic (exact) mass is 334 g/mol. The Balaban J connectivity index is 1.49. The minimum absolute atomic E-state index is 0.373. The van der Waals surface area contributed by atoms with Gasteiger partial charge in [0.15, 0.2) is 5.56 Å². The summed E-state index contributed by atoms with van der Waals surface area (Å²) in [4.78, 5) is 11.5. The number of alkyl halides is 1. The lowest BCUT2D eigenvalue weighted by atomic mass is 9.48. The fourth-order valence-electron chi connectivity index (χ4n) is 5.59. The molecule has 0 aliphatic heterocycles. The number of rotatable bonds is 3. The van der Waals surface area contributed by atoms with Gasteiger partial charge >= 0.3 is 6.16 Å². The van der Waals surface area contributed by atoms with E-state index in [4.69, 9.17) is 21.1 Å². The molecule has 1 aromatic carbocycles. The summed E-state index contributed by atoms with van der Waals surface area (Å²) in [6.07, 6.45) is 7.60. The topological polar surface area (TPSA) is 35.5 Å². The molecule has 1 aromatic rings. The maximum absolute atomic E-state index is 11.5. The van der Waals surface area contributed by atoms with Gasteiger partial charge in [-0.15, -0.1) is 0 Å². The van der Waals surface area contributed by atoms with E-state index in [1.54, 1.807) is 6.92 Å². The van der Waals surface area contributed by atoms with Gasteiger partial charge in [-0.05, 0) is 86.3 Å². The van der Waals surface area contributed by atoms with Gasteiger partial charge in [0.2, 0.25) is 0 Å². The van der Waals surface area contributed by atoms with E-state index in [1.165, 1.54) is 44.1 Å². The van der Waals surface area contributed by atoms with Crippen LogP contribution in [0.5, 0.6) is 5.75 Å². The second-order valence-corrected chi connectivity index (χ2v) is 8.35. The van der Waals surface area contributed by atoms with Gasteiger partial charge in [0, 0.05) is 0 Å². The zero-order chi connectivity index (χ0) is 16.0. The molecule has 124 valence electrons. The van der Waals surface area contributed by atoms with Crippen molar-refractivity contribution >= 4 is 17.8 Å². The molecule has 1 unspecified atom stereocenters. The van der Waals surface area contributed by atoms with Crippen molar-refractivity contribution in [1.29, 1.82) is 0 Å². The largest absolute Gasteiger partial charge is 0.515 e. The van der Waals surface area contributed by atoms with Crippen LogP contribution in [0.4, 0.5) is 4.79 Å². The number of halogens is 1. The van der Waals surface area contributed by atoms with Gasteiger partial charge in [-0.1, -0.05) is 23.7 Å². The molecule has 1 atom stereocenters. The Morgan fingerprint density at radius 1 is 1.09 bits per heavy atom. The first kappa shape index (κ1) is 15.3. The summed E-state index contributed by atoms with van der Waals surface area (Å²) >= 11 is 5.62. The van der Waals surface area contributed by atoms with Crippen LogP contribution >= 0.6 is 11.6 Å². The van der Waals surface area contributed by atoms with Crippen LogP contribution in [0.2, 0.25) is 0 Å². The quantitative estimate of drug-likeness (QED) is 0.430. The Hall–Kier alpha value is -1.22. The molecule has 5 rings (SSSR count). The van der Waals surface area contributed by atoms with Crippen LogP contribution in [0, 0.1) is 17.8 Å². The first-order chi connectivity index (χ1) is 11.0. The lowest BCUT2D eigenvalue weighted by Crippen LogP contribution is -2.48. The third-order valence-electron chi connectivity index (χ3n) is 5.96. The molecule has 0 saturated heterocycles. The summed E-state index contributed by atoms with van der Waals surface area (Å²) in [6, 6.07) is 8.04. The van der Waals surface area contributed by atoms with Crippen molar-refractivity contribution in [3.05, 3.63) is 29.8 Å². The standard InChI is InChI=1S/C19H23ClO3/c1-12(20)22-18(21)23-17-4-2-16(3-5-17)19-9-13-6-14(10-19)8-15(7-13)11-19/h2-5,12-15H,6-11H2,1H3. The van der Waals surface area contributed by atoms with Gasteiger partial charge in [0.1, 0.15) is 5.75 Å². The molecule has 4 aliphatic rings. The lowest BCUT2D eigenvalue weighted by Gasteiger charge is -2.57. The molecule has 0 amide bonds. The first-order valence-electron chi connectivity index (χ1n) is 8.65. The van der Waals surface area contributed by atoms with E-state index in [2.05, 4.69) is 12.1 Å². The van der Waals surface area contributed by atoms with Crippen molar-refractivity contribution in [2.45, 2.75) is 56.4 Å². The minimum Gasteiger partial charge on any atom is -0.415 e. The van der Waals surface area contributed by atoms with Crippen LogP contribution < -0.4 is 4.74 Å². The number of carbonyl (C=O) groups excluding carboxylic acids is 1. The normalized spacial score (nSPS) is 35.8. The summed E-state index contributed by atoms with van der Waals surface area (Å²) < 4.78 is 9.94. The molecule has 0 radical (unpaired) electrons. The summed E-state index contributed by atoms with van der Waals surface area (Å²) in [6.45, 7) is 1.58. The van der Waals surface area contributed by atoms with Crippen molar-refractivity contribution in [2.24, 2.45) is 17.8 Å². The van der Waals surface area contributed by atoms with E-state index in [0.29, 0.717) is 11.2 Å². The highest BCUT2D eigenvalue weighted by Gasteiger charge is 2.51. The highest BCUT2D eigenvalue weighted by atomic mass is 35.5. The first-order valence-corrected chi connectivity index (χ1v) is 9.09. The van der Waals surface area contributed by atoms with E-state index < -0.39 is 11.7 Å². The Labute approximate surface area is 142 Å². The van der Waals surface area contributed by atoms with Gasteiger partial charge < -0.3 is 9.47 Å². The van der Waals surface area contributed by atoms with Crippen LogP contribution in [-0.2, 0) is 10.2 Å². The van der Waals surface area contributed by atoms with Crippen molar-refractivity contribution < 1.29 is 14.3 Å². The maximum Gasteiger partial charge on any atom is 0.515 e. The van der Waals surface area contributed by atoms with E-state index >= 15 is 0 Å². The van der Waals surface area contributed by atoms with Crippen LogP contribution in [-0.4, -0.2) is 11.7 Å². The van der Waals surface area contributed by atoms with Crippen molar-refractivity contribution in [2.75, 3.05) is 0 Å². The molecule has 0 N–H and O–H groups in total. The molecule has 4 heteroatoms. The second-order valence-electron chi connectivity index (χ2n) is 7.74. The zero-order valence-corrected chi connectivity index (χ0v) is 14.2. The smallest absolute Gasteiger partial charge is 0.415 e. The number of ether oxygens (including phenoxy) is 2. The number of carbonyl (C=O) groups is 1. The number of hydrogen-bond donors (Lipinski definition) is 0. The van der Waals surface area contributed by atoms with Crippen molar-refractivity contribution in [3.63, 3.8) is 0 Å². The summed E-state index contributed by atoms with van der Waals surface area (Å²) in [5, 5.41) is 0. The van der Waals surface area contributed by atoms with E-state index in [0.717, 1.165) is 17.8 Å². The van der Waals surface area contributed by atoms with Crippen LogP contribution in [0.15, 0.2) is 24.3 Å². The molecule has 0 spiro atoms. The highest BCUT2D eigenvalue weighted by Crippen LogP contribution is 2.60. The van der Waals surface area contributed by atoms with E-state index in [-0.39, 0.29) is 0 Å². The van der Waals surface area contributed by atoms with E-state index in [1.807, 2.05) is 12.1 Å². The molecule has 4 bridgehead atoms. The maximum atomic E-state index is 11.5. The predicted octanol–water partition coefficient (Wildman–Crippen LogP) is 5.25. The van der Waals surface area contributed by atoms with Gasteiger partial charge in [-0.2, -0.15) is 0 Å². The number of benzene rings is 1. The molecular formula is C19H23ClO3. The third-order valence-corrected chi connectivity index (χ3v) is 6.05. The summed E-state index contributed by atoms with van der Waals surface area (Å²) in [5.74, 6) is 3.30. The molecule has 23 heavy (non-hydrogen) atoms. The minimum atomic E-state index is -0.755. The van der Waals surface area contributed by atoms with Gasteiger partial charge in [0.05, 0.1) is 0 Å². The molecule has 4 aliphatic carbocycles. The molecule has 4 fully saturated rings. The Morgan fingerprint density at radius 2 is 1.61 bits per heavy atom. The average Bonchev–Trinajstić information content (AvgIpc) is 2.45. The Kier molecular flexibility index (Phi) is 3.79. The third kappa shape index (κ3) is 2.96. The van der Waals surface area contributed by atoms with Crippen LogP contribution in [0.3, 0.4) is 0 Å². The molecule has 0 aromatic heterocycles. The SMILES string of the molecule is CC(Cl)OC(=O)Oc1ccc(C23CC4CC(CC(C4)C2)C3)cc1. The summed E-state index contributed by atoms with van der Waals surface area (Å²) in [5.41, 5.74) is 1.11. The second kappa shape index (κ2) is 5.70. The number of hydrogen-bond acceptors (Lipinski definition) is 3. The average molecular weight is 335 g/mol. The van der Waals surface area contributed by atoms with E-state index in [9.17, 15) is 4.79 Å². The fraction of sp³-hybridized carbons (Fsp3) is 0.632. The summed E-state index contributed by atoms with van der Waals surface area (Å²) in [7, 11) is 0. The molecular weight excluding hydrogens is 312 g/mol. The molecule has 4 saturated carbocycles. The lowest BCUT2D eigenvalue weighted by molar-refractivity contribution is -0.00520. The molecule has 3 nitrogen and oxygen atoms in total. The van der Waals surface area contributed by atoms with Gasteiger partial charge in [-0.3, -0.25) is 0 Å². The Bertz CT molecular complexity index is 558.